The molecule has 38 heavy (non-hydrogen) atoms. The molecule has 200 valence electrons. The number of ether oxygens (including phenoxy) is 4. The molecule has 1 saturated heterocycles. The van der Waals surface area contributed by atoms with Gasteiger partial charge in [0.2, 0.25) is 6.29 Å². The zero-order valence-electron chi connectivity index (χ0n) is 20.4. The average Bonchev–Trinajstić information content (AvgIpc) is 2.92. The molecule has 1 aliphatic rings. The largest absolute Gasteiger partial charge is 0.508 e. The van der Waals surface area contributed by atoms with Crippen LogP contribution in [0.4, 0.5) is 0 Å². The van der Waals surface area contributed by atoms with Crippen LogP contribution in [0.2, 0.25) is 0 Å². The quantitative estimate of drug-likeness (QED) is 0.219. The number of aliphatic hydroxyl groups is 3. The summed E-state index contributed by atoms with van der Waals surface area (Å²) in [6.07, 6.45) is -4.06. The molecule has 3 aromatic rings. The van der Waals surface area contributed by atoms with Gasteiger partial charge in [-0.05, 0) is 47.5 Å². The summed E-state index contributed by atoms with van der Waals surface area (Å²) < 4.78 is 21.8. The molecule has 0 radical (unpaired) electrons. The molecular weight excluding hydrogens is 496 g/mol. The highest BCUT2D eigenvalue weighted by atomic mass is 16.7. The van der Waals surface area contributed by atoms with Crippen LogP contribution in [-0.2, 0) is 9.47 Å². The maximum Gasteiger partial charge on any atom is 0.342 e. The minimum atomic E-state index is -1.66. The lowest BCUT2D eigenvalue weighted by molar-refractivity contribution is -0.277. The summed E-state index contributed by atoms with van der Waals surface area (Å²) in [6, 6.07) is 17.3. The molecule has 0 aromatic heterocycles. The molecule has 0 spiro atoms. The van der Waals surface area contributed by atoms with Gasteiger partial charge in [-0.1, -0.05) is 36.4 Å². The smallest absolute Gasteiger partial charge is 0.342 e. The maximum absolute atomic E-state index is 12.5. The van der Waals surface area contributed by atoms with Gasteiger partial charge >= 0.3 is 5.97 Å². The van der Waals surface area contributed by atoms with E-state index in [0.29, 0.717) is 11.3 Å². The van der Waals surface area contributed by atoms with Crippen LogP contribution in [0.3, 0.4) is 0 Å². The maximum atomic E-state index is 12.5. The van der Waals surface area contributed by atoms with E-state index >= 15 is 0 Å². The molecule has 10 nitrogen and oxygen atoms in total. The number of aromatic hydroxyl groups is 2. The molecule has 1 heterocycles. The average molecular weight is 525 g/mol. The number of esters is 1. The lowest BCUT2D eigenvalue weighted by Crippen LogP contribution is -2.60. The van der Waals surface area contributed by atoms with Gasteiger partial charge in [-0.15, -0.1) is 0 Å². The van der Waals surface area contributed by atoms with Gasteiger partial charge in [-0.3, -0.25) is 0 Å². The van der Waals surface area contributed by atoms with Crippen molar-refractivity contribution in [2.24, 2.45) is 0 Å². The van der Waals surface area contributed by atoms with Gasteiger partial charge in [0.15, 0.2) is 0 Å². The highest BCUT2D eigenvalue weighted by Crippen LogP contribution is 2.29. The first kappa shape index (κ1) is 27.0. The lowest BCUT2D eigenvalue weighted by Gasteiger charge is -2.39. The standard InChI is InChI=1S/C28H28O10/c1-35-22-5-3-2-4-21(22)27(34)36-15-23-24(31)25(32)26(33)28(38-23)37-20-13-17(12-19(30)14-20)7-6-16-8-10-18(29)11-9-16/h2-14,23-26,28-33H,15H2,1H3/b7-6+/t23-,24-,25+,26-,28-/m1/s1. The first-order chi connectivity index (χ1) is 18.2. The summed E-state index contributed by atoms with van der Waals surface area (Å²) in [7, 11) is 1.41. The number of phenols is 2. The van der Waals surface area contributed by atoms with Crippen molar-refractivity contribution in [2.75, 3.05) is 13.7 Å². The van der Waals surface area contributed by atoms with E-state index in [9.17, 15) is 30.3 Å². The third-order valence-corrected chi connectivity index (χ3v) is 5.90. The molecule has 0 unspecified atom stereocenters. The van der Waals surface area contributed by atoms with Crippen LogP contribution in [-0.4, -0.2) is 75.9 Å². The third-order valence-electron chi connectivity index (χ3n) is 5.90. The topological polar surface area (TPSA) is 155 Å². The van der Waals surface area contributed by atoms with Gasteiger partial charge in [-0.25, -0.2) is 4.79 Å². The minimum absolute atomic E-state index is 0.118. The van der Waals surface area contributed by atoms with Crippen LogP contribution in [0.15, 0.2) is 66.7 Å². The van der Waals surface area contributed by atoms with Crippen molar-refractivity contribution in [1.29, 1.82) is 0 Å². The molecule has 5 N–H and O–H groups in total. The molecule has 10 heteroatoms. The summed E-state index contributed by atoms with van der Waals surface area (Å²) in [4.78, 5) is 12.5. The summed E-state index contributed by atoms with van der Waals surface area (Å²) in [5.41, 5.74) is 1.53. The fourth-order valence-corrected chi connectivity index (χ4v) is 3.88. The number of carbonyl (C=O) groups is 1. The Morgan fingerprint density at radius 2 is 1.58 bits per heavy atom. The summed E-state index contributed by atoms with van der Waals surface area (Å²) >= 11 is 0. The Hall–Kier alpha value is -4.09. The molecule has 1 aliphatic heterocycles. The van der Waals surface area contributed by atoms with Crippen LogP contribution in [0.5, 0.6) is 23.0 Å². The zero-order valence-corrected chi connectivity index (χ0v) is 20.4. The summed E-state index contributed by atoms with van der Waals surface area (Å²) in [5, 5.41) is 50.8. The van der Waals surface area contributed by atoms with Gasteiger partial charge in [0.25, 0.3) is 0 Å². The second kappa shape index (κ2) is 12.0. The van der Waals surface area contributed by atoms with Crippen molar-refractivity contribution >= 4 is 18.1 Å². The van der Waals surface area contributed by atoms with E-state index in [-0.39, 0.29) is 22.8 Å². The molecular formula is C28H28O10. The van der Waals surface area contributed by atoms with E-state index in [1.807, 2.05) is 0 Å². The zero-order chi connectivity index (χ0) is 27.2. The van der Waals surface area contributed by atoms with Crippen LogP contribution >= 0.6 is 0 Å². The van der Waals surface area contributed by atoms with Crippen molar-refractivity contribution in [3.8, 4) is 23.0 Å². The number of para-hydroxylation sites is 1. The van der Waals surface area contributed by atoms with E-state index in [1.165, 1.54) is 25.3 Å². The van der Waals surface area contributed by atoms with Crippen molar-refractivity contribution < 1.29 is 49.3 Å². The van der Waals surface area contributed by atoms with Gasteiger partial charge in [0.1, 0.15) is 59.6 Å². The Labute approximate surface area is 218 Å². The molecule has 4 rings (SSSR count). The second-order valence-corrected chi connectivity index (χ2v) is 8.62. The molecule has 0 saturated carbocycles. The van der Waals surface area contributed by atoms with E-state index in [2.05, 4.69) is 0 Å². The van der Waals surface area contributed by atoms with Crippen LogP contribution < -0.4 is 9.47 Å². The Bertz CT molecular complexity index is 1270. The van der Waals surface area contributed by atoms with E-state index < -0.39 is 43.3 Å². The normalized spacial score (nSPS) is 23.2. The number of rotatable bonds is 8. The number of hydrogen-bond donors (Lipinski definition) is 5. The Kier molecular flexibility index (Phi) is 8.49. The number of hydrogen-bond acceptors (Lipinski definition) is 10. The first-order valence-corrected chi connectivity index (χ1v) is 11.7. The fraction of sp³-hybridized carbons (Fsp3) is 0.250. The number of benzene rings is 3. The van der Waals surface area contributed by atoms with Crippen molar-refractivity contribution in [1.82, 2.24) is 0 Å². The van der Waals surface area contributed by atoms with Crippen molar-refractivity contribution in [3.05, 3.63) is 83.4 Å². The number of aliphatic hydroxyl groups excluding tert-OH is 3. The van der Waals surface area contributed by atoms with Gasteiger partial charge in [-0.2, -0.15) is 0 Å². The highest BCUT2D eigenvalue weighted by Gasteiger charge is 2.45. The van der Waals surface area contributed by atoms with Crippen LogP contribution in [0.25, 0.3) is 12.2 Å². The van der Waals surface area contributed by atoms with E-state index in [1.54, 1.807) is 60.7 Å². The molecule has 0 aliphatic carbocycles. The van der Waals surface area contributed by atoms with Crippen molar-refractivity contribution in [2.45, 2.75) is 30.7 Å². The second-order valence-electron chi connectivity index (χ2n) is 8.62. The summed E-state index contributed by atoms with van der Waals surface area (Å²) in [6.45, 7) is -0.442. The van der Waals surface area contributed by atoms with Crippen LogP contribution in [0.1, 0.15) is 21.5 Å². The number of phenolic OH excluding ortho intramolecular Hbond substituents is 2. The van der Waals surface area contributed by atoms with E-state index in [4.69, 9.17) is 18.9 Å². The summed E-state index contributed by atoms with van der Waals surface area (Å²) in [5.74, 6) is -0.289. The highest BCUT2D eigenvalue weighted by molar-refractivity contribution is 5.92. The first-order valence-electron chi connectivity index (χ1n) is 11.7. The Morgan fingerprint density at radius 1 is 0.868 bits per heavy atom. The molecule has 0 amide bonds. The monoisotopic (exact) mass is 524 g/mol. The molecule has 1 fully saturated rings. The lowest BCUT2D eigenvalue weighted by atomic mass is 9.99. The van der Waals surface area contributed by atoms with Crippen LogP contribution in [0, 0.1) is 0 Å². The predicted octanol–water partition coefficient (Wildman–Crippen LogP) is 2.32. The van der Waals surface area contributed by atoms with Gasteiger partial charge in [0.05, 0.1) is 7.11 Å². The van der Waals surface area contributed by atoms with Gasteiger partial charge < -0.3 is 44.5 Å². The number of carbonyl (C=O) groups excluding carboxylic acids is 1. The fourth-order valence-electron chi connectivity index (χ4n) is 3.88. The minimum Gasteiger partial charge on any atom is -0.508 e. The molecule has 0 bridgehead atoms. The molecule has 5 atom stereocenters. The molecule has 3 aromatic carbocycles. The van der Waals surface area contributed by atoms with E-state index in [0.717, 1.165) is 5.56 Å². The Morgan fingerprint density at radius 3 is 2.32 bits per heavy atom. The van der Waals surface area contributed by atoms with Crippen molar-refractivity contribution in [3.63, 3.8) is 0 Å². The third kappa shape index (κ3) is 6.42. The predicted molar refractivity (Wildman–Crippen MR) is 136 cm³/mol. The Balaban J connectivity index is 1.45. The SMILES string of the molecule is COc1ccccc1C(=O)OC[C@H]1O[C@@H](Oc2cc(O)cc(/C=C/c3ccc(O)cc3)c2)[C@H](O)[C@@H](O)[C@@H]1O. The van der Waals surface area contributed by atoms with Gasteiger partial charge in [0, 0.05) is 6.07 Å². The number of methoxy groups -OCH3 is 1.